The van der Waals surface area contributed by atoms with E-state index in [1.807, 2.05) is 30.3 Å². The van der Waals surface area contributed by atoms with E-state index in [1.165, 1.54) is 0 Å². The largest absolute Gasteiger partial charge is 0.362 e. The molecule has 0 aliphatic carbocycles. The maximum Gasteiger partial charge on any atom is 0.252 e. The van der Waals surface area contributed by atoms with E-state index >= 15 is 0 Å². The number of aromatic nitrogens is 2. The first-order chi connectivity index (χ1) is 11.2. The van der Waals surface area contributed by atoms with Gasteiger partial charge in [0.05, 0.1) is 0 Å². The van der Waals surface area contributed by atoms with Crippen molar-refractivity contribution >= 4 is 18.3 Å². The van der Waals surface area contributed by atoms with Crippen molar-refractivity contribution in [2.45, 2.75) is 26.5 Å². The second kappa shape index (κ2) is 10.7. The first-order valence-electron chi connectivity index (χ1n) is 7.57. The molecule has 2 N–H and O–H groups in total. The van der Waals surface area contributed by atoms with Crippen LogP contribution in [0.4, 0.5) is 0 Å². The molecule has 0 unspecified atom stereocenters. The first-order valence-corrected chi connectivity index (χ1v) is 7.57. The maximum atomic E-state index is 12.3. The summed E-state index contributed by atoms with van der Waals surface area (Å²) >= 11 is 0. The number of nitrogens with two attached hydrogens (primary N) is 1. The molecule has 0 radical (unpaired) electrons. The van der Waals surface area contributed by atoms with Crippen LogP contribution in [0.2, 0.25) is 0 Å². The molecule has 2 aromatic rings. The molecule has 0 spiro atoms. The monoisotopic (exact) mass is 354 g/mol. The molecule has 0 bridgehead atoms. The van der Waals surface area contributed by atoms with Crippen molar-refractivity contribution in [1.82, 2.24) is 15.0 Å². The molecular weight excluding hydrogens is 332 g/mol. The first kappa shape index (κ1) is 20.1. The average Bonchev–Trinajstić information content (AvgIpc) is 2.97. The van der Waals surface area contributed by atoms with Crippen molar-refractivity contribution in [3.8, 4) is 0 Å². The van der Waals surface area contributed by atoms with Gasteiger partial charge >= 0.3 is 0 Å². The summed E-state index contributed by atoms with van der Waals surface area (Å²) in [7, 11) is 0. The normalized spacial score (nSPS) is 10.2. The molecular formula is C16H23ClN4O3. The van der Waals surface area contributed by atoms with Crippen LogP contribution in [0.15, 0.2) is 34.9 Å². The molecule has 0 fully saturated rings. The lowest BCUT2D eigenvalue weighted by atomic mass is 10.2. The standard InChI is InChI=1S/C16H22N4O3.ClH/c1-13-18-15(23-19-13)11-22-12-16(21)20(9-5-8-17)10-14-6-3-2-4-7-14;/h2-4,6-7H,5,8-12,17H2,1H3;1H. The van der Waals surface area contributed by atoms with E-state index in [0.29, 0.717) is 31.3 Å². The third kappa shape index (κ3) is 6.66. The quantitative estimate of drug-likeness (QED) is 0.736. The minimum Gasteiger partial charge on any atom is -0.362 e. The van der Waals surface area contributed by atoms with Crippen LogP contribution in [-0.2, 0) is 22.7 Å². The Labute approximate surface area is 147 Å². The van der Waals surface area contributed by atoms with Gasteiger partial charge in [0.2, 0.25) is 5.91 Å². The van der Waals surface area contributed by atoms with Crippen LogP contribution in [0.3, 0.4) is 0 Å². The number of benzene rings is 1. The Kier molecular flexibility index (Phi) is 8.99. The van der Waals surface area contributed by atoms with Gasteiger partial charge in [0, 0.05) is 13.1 Å². The van der Waals surface area contributed by atoms with E-state index in [0.717, 1.165) is 12.0 Å². The molecule has 7 nitrogen and oxygen atoms in total. The van der Waals surface area contributed by atoms with Gasteiger partial charge in [-0.2, -0.15) is 4.98 Å². The summed E-state index contributed by atoms with van der Waals surface area (Å²) in [5.41, 5.74) is 6.63. The molecule has 0 atom stereocenters. The van der Waals surface area contributed by atoms with Crippen molar-refractivity contribution in [2.24, 2.45) is 5.73 Å². The highest BCUT2D eigenvalue weighted by atomic mass is 35.5. The molecule has 0 aliphatic rings. The summed E-state index contributed by atoms with van der Waals surface area (Å²) in [6.45, 7) is 3.52. The van der Waals surface area contributed by atoms with E-state index in [9.17, 15) is 4.79 Å². The third-order valence-corrected chi connectivity index (χ3v) is 3.22. The van der Waals surface area contributed by atoms with Crippen LogP contribution in [0.5, 0.6) is 0 Å². The van der Waals surface area contributed by atoms with Crippen molar-refractivity contribution in [3.63, 3.8) is 0 Å². The van der Waals surface area contributed by atoms with Gasteiger partial charge in [-0.15, -0.1) is 12.4 Å². The van der Waals surface area contributed by atoms with Crippen molar-refractivity contribution in [3.05, 3.63) is 47.6 Å². The molecule has 1 amide bonds. The lowest BCUT2D eigenvalue weighted by Gasteiger charge is -2.22. The maximum absolute atomic E-state index is 12.3. The minimum absolute atomic E-state index is 0. The molecule has 1 heterocycles. The number of carbonyl (C=O) groups excluding carboxylic acids is 1. The lowest BCUT2D eigenvalue weighted by molar-refractivity contribution is -0.137. The second-order valence-corrected chi connectivity index (χ2v) is 5.17. The number of hydrogen-bond acceptors (Lipinski definition) is 6. The summed E-state index contributed by atoms with van der Waals surface area (Å²) in [5.74, 6) is 0.828. The van der Waals surface area contributed by atoms with Crippen LogP contribution in [0.1, 0.15) is 23.7 Å². The highest BCUT2D eigenvalue weighted by Crippen LogP contribution is 2.06. The number of ether oxygens (including phenoxy) is 1. The molecule has 1 aromatic heterocycles. The Morgan fingerprint density at radius 2 is 2.08 bits per heavy atom. The third-order valence-electron chi connectivity index (χ3n) is 3.22. The zero-order valence-electron chi connectivity index (χ0n) is 13.7. The predicted molar refractivity (Wildman–Crippen MR) is 91.5 cm³/mol. The Morgan fingerprint density at radius 3 is 2.71 bits per heavy atom. The van der Waals surface area contributed by atoms with E-state index in [4.69, 9.17) is 15.0 Å². The molecule has 8 heteroatoms. The zero-order valence-corrected chi connectivity index (χ0v) is 14.5. The molecule has 132 valence electrons. The molecule has 1 aromatic carbocycles. The van der Waals surface area contributed by atoms with Gasteiger partial charge in [-0.25, -0.2) is 0 Å². The molecule has 24 heavy (non-hydrogen) atoms. The number of rotatable bonds is 9. The smallest absolute Gasteiger partial charge is 0.252 e. The summed E-state index contributed by atoms with van der Waals surface area (Å²) in [6.07, 6.45) is 0.751. The number of hydrogen-bond donors (Lipinski definition) is 1. The minimum atomic E-state index is -0.0847. The number of halogens is 1. The zero-order chi connectivity index (χ0) is 16.5. The predicted octanol–water partition coefficient (Wildman–Crippen LogP) is 1.69. The fourth-order valence-electron chi connectivity index (χ4n) is 2.09. The molecule has 2 rings (SSSR count). The Hall–Kier alpha value is -1.96. The van der Waals surface area contributed by atoms with Gasteiger partial charge in [-0.05, 0) is 25.5 Å². The molecule has 0 saturated carbocycles. The van der Waals surface area contributed by atoms with E-state index in [2.05, 4.69) is 10.1 Å². The fraction of sp³-hybridized carbons (Fsp3) is 0.438. The summed E-state index contributed by atoms with van der Waals surface area (Å²) in [4.78, 5) is 18.1. The van der Waals surface area contributed by atoms with E-state index < -0.39 is 0 Å². The fourth-order valence-corrected chi connectivity index (χ4v) is 2.09. The summed E-state index contributed by atoms with van der Waals surface area (Å²) < 4.78 is 10.3. The van der Waals surface area contributed by atoms with Gasteiger partial charge in [0.15, 0.2) is 5.82 Å². The lowest BCUT2D eigenvalue weighted by Crippen LogP contribution is -2.35. The van der Waals surface area contributed by atoms with Crippen LogP contribution in [0, 0.1) is 6.92 Å². The Bertz CT molecular complexity index is 606. The number of amides is 1. The van der Waals surface area contributed by atoms with E-state index in [-0.39, 0.29) is 31.5 Å². The highest BCUT2D eigenvalue weighted by Gasteiger charge is 2.14. The Morgan fingerprint density at radius 1 is 1.33 bits per heavy atom. The Balaban J connectivity index is 0.00000288. The second-order valence-electron chi connectivity index (χ2n) is 5.17. The number of carbonyl (C=O) groups is 1. The van der Waals surface area contributed by atoms with E-state index in [1.54, 1.807) is 11.8 Å². The van der Waals surface area contributed by atoms with Gasteiger partial charge in [0.25, 0.3) is 5.89 Å². The summed E-state index contributed by atoms with van der Waals surface area (Å²) in [6, 6.07) is 9.84. The van der Waals surface area contributed by atoms with Crippen molar-refractivity contribution < 1.29 is 14.1 Å². The van der Waals surface area contributed by atoms with Gasteiger partial charge in [-0.3, -0.25) is 4.79 Å². The van der Waals surface area contributed by atoms with Gasteiger partial charge < -0.3 is 19.9 Å². The van der Waals surface area contributed by atoms with Crippen LogP contribution in [0.25, 0.3) is 0 Å². The number of nitrogens with zero attached hydrogens (tertiary/aromatic N) is 3. The van der Waals surface area contributed by atoms with Crippen LogP contribution >= 0.6 is 12.4 Å². The highest BCUT2D eigenvalue weighted by molar-refractivity contribution is 5.85. The van der Waals surface area contributed by atoms with Crippen molar-refractivity contribution in [2.75, 3.05) is 19.7 Å². The average molecular weight is 355 g/mol. The van der Waals surface area contributed by atoms with Gasteiger partial charge in [-0.1, -0.05) is 35.5 Å². The summed E-state index contributed by atoms with van der Waals surface area (Å²) in [5, 5.41) is 3.67. The van der Waals surface area contributed by atoms with Gasteiger partial charge in [0.1, 0.15) is 13.2 Å². The number of aryl methyl sites for hydroxylation is 1. The van der Waals surface area contributed by atoms with Crippen LogP contribution < -0.4 is 5.73 Å². The van der Waals surface area contributed by atoms with Crippen LogP contribution in [-0.4, -0.2) is 40.6 Å². The molecule has 0 aliphatic heterocycles. The van der Waals surface area contributed by atoms with Crippen molar-refractivity contribution in [1.29, 1.82) is 0 Å². The molecule has 0 saturated heterocycles. The SMILES string of the molecule is Cc1noc(COCC(=O)N(CCCN)Cc2ccccc2)n1.Cl. The topological polar surface area (TPSA) is 94.5 Å².